The summed E-state index contributed by atoms with van der Waals surface area (Å²) in [5.41, 5.74) is 5.42. The molecule has 1 saturated heterocycles. The Hall–Kier alpha value is -0.650. The number of hydrogen-bond acceptors (Lipinski definition) is 4. The van der Waals surface area contributed by atoms with Crippen molar-refractivity contribution >= 4 is 5.91 Å². The van der Waals surface area contributed by atoms with Crippen LogP contribution in [0.1, 0.15) is 32.6 Å². The normalized spacial score (nSPS) is 22.0. The molecule has 1 aliphatic heterocycles. The van der Waals surface area contributed by atoms with E-state index >= 15 is 0 Å². The molecule has 1 rings (SSSR count). The van der Waals surface area contributed by atoms with Gasteiger partial charge in [0, 0.05) is 12.6 Å². The number of carbonyl (C=O) groups is 1. The Labute approximate surface area is 117 Å². The highest BCUT2D eigenvalue weighted by Gasteiger charge is 2.22. The van der Waals surface area contributed by atoms with Gasteiger partial charge >= 0.3 is 0 Å². The highest BCUT2D eigenvalue weighted by molar-refractivity contribution is 5.79. The number of hydrogen-bond donors (Lipinski definition) is 2. The van der Waals surface area contributed by atoms with Crippen LogP contribution in [-0.4, -0.2) is 68.1 Å². The quantitative estimate of drug-likeness (QED) is 0.631. The Bertz CT molecular complexity index is 272. The lowest BCUT2D eigenvalue weighted by molar-refractivity contribution is -0.120. The fraction of sp³-hybridized carbons (Fsp3) is 0.929. The number of likely N-dealkylation sites (tertiary alicyclic amines) is 1. The summed E-state index contributed by atoms with van der Waals surface area (Å²) in [7, 11) is 4.32. The zero-order valence-corrected chi connectivity index (χ0v) is 12.7. The number of rotatable bonds is 9. The molecule has 1 heterocycles. The molecule has 19 heavy (non-hydrogen) atoms. The van der Waals surface area contributed by atoms with Crippen molar-refractivity contribution in [2.45, 2.75) is 44.7 Å². The average Bonchev–Trinajstić information content (AvgIpc) is 2.74. The molecule has 112 valence electrons. The van der Waals surface area contributed by atoms with Crippen molar-refractivity contribution in [2.75, 3.05) is 40.3 Å². The van der Waals surface area contributed by atoms with E-state index in [2.05, 4.69) is 36.1 Å². The predicted molar refractivity (Wildman–Crippen MR) is 79.0 cm³/mol. The molecule has 1 aliphatic rings. The number of amides is 1. The standard InChI is InChI=1S/C14H30N4O/c1-4-8-16-13(14(15)19)7-10-17(2)11-12-6-5-9-18(12)3/h12-13,16H,4-11H2,1-3H3,(H2,15,19). The molecule has 0 spiro atoms. The van der Waals surface area contributed by atoms with E-state index in [1.54, 1.807) is 0 Å². The van der Waals surface area contributed by atoms with E-state index in [4.69, 9.17) is 5.73 Å². The molecule has 5 heteroatoms. The third kappa shape index (κ3) is 5.89. The second-order valence-electron chi connectivity index (χ2n) is 5.74. The van der Waals surface area contributed by atoms with Gasteiger partial charge in [-0.25, -0.2) is 0 Å². The van der Waals surface area contributed by atoms with Crippen LogP contribution in [0.3, 0.4) is 0 Å². The van der Waals surface area contributed by atoms with Gasteiger partial charge in [0.05, 0.1) is 6.04 Å². The second-order valence-corrected chi connectivity index (χ2v) is 5.74. The van der Waals surface area contributed by atoms with Crippen LogP contribution in [0.15, 0.2) is 0 Å². The van der Waals surface area contributed by atoms with Crippen LogP contribution in [-0.2, 0) is 4.79 Å². The zero-order chi connectivity index (χ0) is 14.3. The Morgan fingerprint density at radius 3 is 2.84 bits per heavy atom. The monoisotopic (exact) mass is 270 g/mol. The molecule has 5 nitrogen and oxygen atoms in total. The van der Waals surface area contributed by atoms with E-state index < -0.39 is 0 Å². The van der Waals surface area contributed by atoms with Crippen molar-refractivity contribution in [3.05, 3.63) is 0 Å². The Kier molecular flexibility index (Phi) is 7.34. The zero-order valence-electron chi connectivity index (χ0n) is 12.7. The Morgan fingerprint density at radius 1 is 1.58 bits per heavy atom. The van der Waals surface area contributed by atoms with E-state index in [-0.39, 0.29) is 11.9 Å². The largest absolute Gasteiger partial charge is 0.368 e. The molecule has 1 amide bonds. The molecule has 3 N–H and O–H groups in total. The molecule has 2 unspecified atom stereocenters. The summed E-state index contributed by atoms with van der Waals surface area (Å²) < 4.78 is 0. The van der Waals surface area contributed by atoms with Crippen LogP contribution >= 0.6 is 0 Å². The van der Waals surface area contributed by atoms with Gasteiger partial charge in [0.1, 0.15) is 0 Å². The topological polar surface area (TPSA) is 61.6 Å². The summed E-state index contributed by atoms with van der Waals surface area (Å²) in [5, 5.41) is 3.22. The minimum Gasteiger partial charge on any atom is -0.368 e. The van der Waals surface area contributed by atoms with Gasteiger partial charge < -0.3 is 20.9 Å². The minimum absolute atomic E-state index is 0.191. The van der Waals surface area contributed by atoms with Crippen molar-refractivity contribution < 1.29 is 4.79 Å². The van der Waals surface area contributed by atoms with Gasteiger partial charge in [-0.3, -0.25) is 4.79 Å². The SMILES string of the molecule is CCCNC(CCN(C)CC1CCCN1C)C(N)=O. The molecule has 0 aliphatic carbocycles. The van der Waals surface area contributed by atoms with Crippen LogP contribution < -0.4 is 11.1 Å². The third-order valence-electron chi connectivity index (χ3n) is 3.98. The highest BCUT2D eigenvalue weighted by Crippen LogP contribution is 2.15. The van der Waals surface area contributed by atoms with Gasteiger partial charge in [-0.05, 0) is 59.4 Å². The Balaban J connectivity index is 2.26. The van der Waals surface area contributed by atoms with Gasteiger partial charge in [0.15, 0.2) is 0 Å². The molecule has 0 aromatic carbocycles. The lowest BCUT2D eigenvalue weighted by atomic mass is 10.1. The number of primary amides is 1. The fourth-order valence-corrected chi connectivity index (χ4v) is 2.67. The molecule has 0 saturated carbocycles. The van der Waals surface area contributed by atoms with E-state index in [1.807, 2.05) is 0 Å². The number of likely N-dealkylation sites (N-methyl/N-ethyl adjacent to an activating group) is 2. The van der Waals surface area contributed by atoms with Gasteiger partial charge in [0.25, 0.3) is 0 Å². The molecular formula is C14H30N4O. The predicted octanol–water partition coefficient (Wildman–Crippen LogP) is 0.256. The number of nitrogens with zero attached hydrogens (tertiary/aromatic N) is 2. The van der Waals surface area contributed by atoms with Gasteiger partial charge in [0.2, 0.25) is 5.91 Å². The minimum atomic E-state index is -0.236. The van der Waals surface area contributed by atoms with Crippen LogP contribution in [0.2, 0.25) is 0 Å². The van der Waals surface area contributed by atoms with Crippen molar-refractivity contribution in [3.8, 4) is 0 Å². The lowest BCUT2D eigenvalue weighted by Crippen LogP contribution is -2.44. The highest BCUT2D eigenvalue weighted by atomic mass is 16.1. The molecule has 0 bridgehead atoms. The maximum atomic E-state index is 11.3. The van der Waals surface area contributed by atoms with Crippen LogP contribution in [0.25, 0.3) is 0 Å². The molecule has 0 aromatic rings. The summed E-state index contributed by atoms with van der Waals surface area (Å²) >= 11 is 0. The lowest BCUT2D eigenvalue weighted by Gasteiger charge is -2.26. The summed E-state index contributed by atoms with van der Waals surface area (Å²) in [6, 6.07) is 0.476. The maximum Gasteiger partial charge on any atom is 0.234 e. The molecular weight excluding hydrogens is 240 g/mol. The molecule has 2 atom stereocenters. The fourth-order valence-electron chi connectivity index (χ4n) is 2.67. The third-order valence-corrected chi connectivity index (χ3v) is 3.98. The van der Waals surface area contributed by atoms with Crippen LogP contribution in [0, 0.1) is 0 Å². The molecule has 0 radical (unpaired) electrons. The first kappa shape index (κ1) is 16.4. The Morgan fingerprint density at radius 2 is 2.32 bits per heavy atom. The first-order valence-corrected chi connectivity index (χ1v) is 7.46. The average molecular weight is 270 g/mol. The van der Waals surface area contributed by atoms with Crippen molar-refractivity contribution in [1.82, 2.24) is 15.1 Å². The first-order valence-electron chi connectivity index (χ1n) is 7.46. The number of carbonyl (C=O) groups excluding carboxylic acids is 1. The summed E-state index contributed by atoms with van der Waals surface area (Å²) in [4.78, 5) is 16.1. The smallest absolute Gasteiger partial charge is 0.234 e. The molecule has 1 fully saturated rings. The van der Waals surface area contributed by atoms with E-state index in [0.29, 0.717) is 6.04 Å². The number of nitrogens with two attached hydrogens (primary N) is 1. The van der Waals surface area contributed by atoms with E-state index in [9.17, 15) is 4.79 Å². The first-order chi connectivity index (χ1) is 9.04. The van der Waals surface area contributed by atoms with Crippen molar-refractivity contribution in [2.24, 2.45) is 5.73 Å². The van der Waals surface area contributed by atoms with E-state index in [0.717, 1.165) is 32.5 Å². The van der Waals surface area contributed by atoms with Crippen molar-refractivity contribution in [1.29, 1.82) is 0 Å². The molecule has 0 aromatic heterocycles. The summed E-state index contributed by atoms with van der Waals surface area (Å²) in [5.74, 6) is -0.236. The van der Waals surface area contributed by atoms with Crippen molar-refractivity contribution in [3.63, 3.8) is 0 Å². The summed E-state index contributed by atoms with van der Waals surface area (Å²) in [6.07, 6.45) is 4.40. The summed E-state index contributed by atoms with van der Waals surface area (Å²) in [6.45, 7) is 6.14. The van der Waals surface area contributed by atoms with Gasteiger partial charge in [-0.1, -0.05) is 6.92 Å². The van der Waals surface area contributed by atoms with E-state index in [1.165, 1.54) is 19.4 Å². The maximum absolute atomic E-state index is 11.3. The van der Waals surface area contributed by atoms with Gasteiger partial charge in [-0.15, -0.1) is 0 Å². The van der Waals surface area contributed by atoms with Crippen LogP contribution in [0.5, 0.6) is 0 Å². The van der Waals surface area contributed by atoms with Gasteiger partial charge in [-0.2, -0.15) is 0 Å². The van der Waals surface area contributed by atoms with Crippen LogP contribution in [0.4, 0.5) is 0 Å². The second kappa shape index (κ2) is 8.51. The number of nitrogens with one attached hydrogen (secondary N) is 1.